The third kappa shape index (κ3) is 5.99. The molecule has 0 bridgehead atoms. The van der Waals surface area contributed by atoms with E-state index in [1.165, 1.54) is 0 Å². The molecule has 2 rings (SSSR count). The lowest BCUT2D eigenvalue weighted by molar-refractivity contribution is -0.123. The second kappa shape index (κ2) is 10.1. The zero-order chi connectivity index (χ0) is 16.7. The summed E-state index contributed by atoms with van der Waals surface area (Å²) in [6.07, 6.45) is 0.988. The number of benzene rings is 1. The van der Waals surface area contributed by atoms with Crippen molar-refractivity contribution in [1.82, 2.24) is 15.5 Å². The normalized spacial score (nSPS) is 14.6. The lowest BCUT2D eigenvalue weighted by Crippen LogP contribution is -2.49. The van der Waals surface area contributed by atoms with E-state index >= 15 is 0 Å². The predicted molar refractivity (Wildman–Crippen MR) is 104 cm³/mol. The van der Waals surface area contributed by atoms with Crippen molar-refractivity contribution in [2.24, 2.45) is 10.7 Å². The van der Waals surface area contributed by atoms with Crippen molar-refractivity contribution in [3.8, 4) is 0 Å². The number of halogens is 1. The second-order valence-electron chi connectivity index (χ2n) is 5.40. The van der Waals surface area contributed by atoms with Crippen molar-refractivity contribution in [3.05, 3.63) is 35.4 Å². The van der Waals surface area contributed by atoms with Crippen LogP contribution in [0.2, 0.25) is 0 Å². The van der Waals surface area contributed by atoms with Crippen LogP contribution in [0.15, 0.2) is 29.3 Å². The molecular formula is C16H24IN5O2. The van der Waals surface area contributed by atoms with Gasteiger partial charge >= 0.3 is 0 Å². The predicted octanol–water partition coefficient (Wildman–Crippen LogP) is 0.691. The van der Waals surface area contributed by atoms with E-state index < -0.39 is 0 Å². The summed E-state index contributed by atoms with van der Waals surface area (Å²) >= 11 is 0. The number of carbonyl (C=O) groups is 2. The van der Waals surface area contributed by atoms with Crippen LogP contribution < -0.4 is 16.4 Å². The monoisotopic (exact) mass is 445 g/mol. The van der Waals surface area contributed by atoms with E-state index in [2.05, 4.69) is 22.5 Å². The van der Waals surface area contributed by atoms with Crippen LogP contribution in [-0.4, -0.2) is 48.9 Å². The first-order chi connectivity index (χ1) is 11.1. The smallest absolute Gasteiger partial charge is 0.254 e. The molecule has 0 saturated carbocycles. The Labute approximate surface area is 159 Å². The van der Waals surface area contributed by atoms with Gasteiger partial charge in [0.25, 0.3) is 5.91 Å². The lowest BCUT2D eigenvalue weighted by atomic mass is 10.1. The Morgan fingerprint density at radius 2 is 2.08 bits per heavy atom. The summed E-state index contributed by atoms with van der Waals surface area (Å²) in [6, 6.07) is 7.23. The molecule has 1 aliphatic rings. The highest BCUT2D eigenvalue weighted by molar-refractivity contribution is 14.0. The maximum absolute atomic E-state index is 12.3. The van der Waals surface area contributed by atoms with Gasteiger partial charge in [-0.3, -0.25) is 9.59 Å². The standard InChI is InChI=1S/C16H23N5O2.HI/c1-2-7-19-16(17)20-10-12-3-5-13(6-4-12)15(23)21-9-8-18-14(22)11-21;/h3-6H,2,7-11H2,1H3,(H,18,22)(H3,17,19,20);1H. The van der Waals surface area contributed by atoms with Gasteiger partial charge in [-0.25, -0.2) is 4.99 Å². The van der Waals surface area contributed by atoms with E-state index in [4.69, 9.17) is 5.73 Å². The minimum atomic E-state index is -0.126. The second-order valence-corrected chi connectivity index (χ2v) is 5.40. The highest BCUT2D eigenvalue weighted by Crippen LogP contribution is 2.09. The van der Waals surface area contributed by atoms with Gasteiger partial charge in [0.15, 0.2) is 5.96 Å². The van der Waals surface area contributed by atoms with Gasteiger partial charge in [-0.1, -0.05) is 19.1 Å². The number of rotatable bonds is 5. The van der Waals surface area contributed by atoms with Gasteiger partial charge in [-0.05, 0) is 24.1 Å². The molecule has 1 heterocycles. The molecule has 132 valence electrons. The van der Waals surface area contributed by atoms with Crippen molar-refractivity contribution in [2.45, 2.75) is 19.9 Å². The Kier molecular flexibility index (Phi) is 8.51. The van der Waals surface area contributed by atoms with E-state index in [0.717, 1.165) is 18.5 Å². The number of hydrogen-bond acceptors (Lipinski definition) is 3. The van der Waals surface area contributed by atoms with Crippen LogP contribution in [-0.2, 0) is 11.3 Å². The molecule has 0 radical (unpaired) electrons. The third-order valence-electron chi connectivity index (χ3n) is 3.51. The van der Waals surface area contributed by atoms with Crippen LogP contribution in [0.5, 0.6) is 0 Å². The summed E-state index contributed by atoms with van der Waals surface area (Å²) in [5.41, 5.74) is 7.28. The molecule has 1 aliphatic heterocycles. The fraction of sp³-hybridized carbons (Fsp3) is 0.438. The molecule has 0 unspecified atom stereocenters. The molecule has 0 aliphatic carbocycles. The van der Waals surface area contributed by atoms with Crippen LogP contribution in [0, 0.1) is 0 Å². The summed E-state index contributed by atoms with van der Waals surface area (Å²) in [6.45, 7) is 4.47. The number of aliphatic imine (C=N–C) groups is 1. The molecule has 0 aromatic heterocycles. The van der Waals surface area contributed by atoms with E-state index in [0.29, 0.717) is 31.2 Å². The molecule has 0 atom stereocenters. The first-order valence-corrected chi connectivity index (χ1v) is 7.79. The fourth-order valence-electron chi connectivity index (χ4n) is 2.23. The molecular weight excluding hydrogens is 421 g/mol. The number of hydrogen-bond donors (Lipinski definition) is 3. The molecule has 1 aromatic carbocycles. The van der Waals surface area contributed by atoms with E-state index in [1.54, 1.807) is 17.0 Å². The number of guanidine groups is 1. The Bertz CT molecular complexity index is 589. The van der Waals surface area contributed by atoms with Crippen LogP contribution in [0.1, 0.15) is 29.3 Å². The van der Waals surface area contributed by atoms with Crippen LogP contribution in [0.4, 0.5) is 0 Å². The SMILES string of the molecule is CCCNC(N)=NCc1ccc(C(=O)N2CCNC(=O)C2)cc1.I. The summed E-state index contributed by atoms with van der Waals surface area (Å²) in [5.74, 6) is 0.177. The zero-order valence-corrected chi connectivity index (χ0v) is 16.1. The molecule has 4 N–H and O–H groups in total. The number of carbonyl (C=O) groups excluding carboxylic acids is 2. The maximum atomic E-state index is 12.3. The summed E-state index contributed by atoms with van der Waals surface area (Å²) in [7, 11) is 0. The zero-order valence-electron chi connectivity index (χ0n) is 13.7. The van der Waals surface area contributed by atoms with Crippen molar-refractivity contribution in [1.29, 1.82) is 0 Å². The molecule has 8 heteroatoms. The van der Waals surface area contributed by atoms with Crippen molar-refractivity contribution in [2.75, 3.05) is 26.2 Å². The van der Waals surface area contributed by atoms with Gasteiger partial charge in [0.1, 0.15) is 0 Å². The minimum Gasteiger partial charge on any atom is -0.370 e. The molecule has 24 heavy (non-hydrogen) atoms. The molecule has 2 amide bonds. The number of nitrogens with one attached hydrogen (secondary N) is 2. The van der Waals surface area contributed by atoms with E-state index in [-0.39, 0.29) is 42.3 Å². The van der Waals surface area contributed by atoms with Gasteiger partial charge in [0.2, 0.25) is 5.91 Å². The molecule has 0 spiro atoms. The van der Waals surface area contributed by atoms with Gasteiger partial charge in [0.05, 0.1) is 13.1 Å². The quantitative estimate of drug-likeness (QED) is 0.353. The molecule has 7 nitrogen and oxygen atoms in total. The lowest BCUT2D eigenvalue weighted by Gasteiger charge is -2.26. The first-order valence-electron chi connectivity index (χ1n) is 7.79. The minimum absolute atomic E-state index is 0. The number of nitrogens with zero attached hydrogens (tertiary/aromatic N) is 2. The summed E-state index contributed by atoms with van der Waals surface area (Å²) < 4.78 is 0. The van der Waals surface area contributed by atoms with Crippen LogP contribution in [0.3, 0.4) is 0 Å². The molecule has 1 aromatic rings. The summed E-state index contributed by atoms with van der Waals surface area (Å²) in [4.78, 5) is 29.5. The van der Waals surface area contributed by atoms with E-state index in [1.807, 2.05) is 12.1 Å². The van der Waals surface area contributed by atoms with Gasteiger partial charge < -0.3 is 21.3 Å². The average Bonchev–Trinajstić information content (AvgIpc) is 2.58. The first kappa shape index (κ1) is 20.2. The van der Waals surface area contributed by atoms with Crippen molar-refractivity contribution >= 4 is 41.8 Å². The fourth-order valence-corrected chi connectivity index (χ4v) is 2.23. The Balaban J connectivity index is 0.00000288. The maximum Gasteiger partial charge on any atom is 0.254 e. The molecule has 1 fully saturated rings. The van der Waals surface area contributed by atoms with Gasteiger partial charge in [0, 0.05) is 25.2 Å². The van der Waals surface area contributed by atoms with Gasteiger partial charge in [-0.15, -0.1) is 24.0 Å². The highest BCUT2D eigenvalue weighted by atomic mass is 127. The number of nitrogens with two attached hydrogens (primary N) is 1. The third-order valence-corrected chi connectivity index (χ3v) is 3.51. The topological polar surface area (TPSA) is 99.8 Å². The van der Waals surface area contributed by atoms with Crippen LogP contribution in [0.25, 0.3) is 0 Å². The van der Waals surface area contributed by atoms with Crippen molar-refractivity contribution in [3.63, 3.8) is 0 Å². The van der Waals surface area contributed by atoms with E-state index in [9.17, 15) is 9.59 Å². The molecule has 1 saturated heterocycles. The Morgan fingerprint density at radius 3 is 2.71 bits per heavy atom. The van der Waals surface area contributed by atoms with Crippen LogP contribution >= 0.6 is 24.0 Å². The Morgan fingerprint density at radius 1 is 1.38 bits per heavy atom. The van der Waals surface area contributed by atoms with Crippen molar-refractivity contribution < 1.29 is 9.59 Å². The largest absolute Gasteiger partial charge is 0.370 e. The average molecular weight is 445 g/mol. The Hall–Kier alpha value is -1.84. The summed E-state index contributed by atoms with van der Waals surface area (Å²) in [5, 5.41) is 5.71. The van der Waals surface area contributed by atoms with Gasteiger partial charge in [-0.2, -0.15) is 0 Å². The number of piperazine rings is 1. The highest BCUT2D eigenvalue weighted by Gasteiger charge is 2.21. The number of amides is 2.